The van der Waals surface area contributed by atoms with Gasteiger partial charge < -0.3 is 16.4 Å². The molecule has 2 amide bonds. The molecule has 1 heterocycles. The van der Waals surface area contributed by atoms with E-state index < -0.39 is 12.0 Å². The first kappa shape index (κ1) is 16.5. The number of nitrogens with two attached hydrogens (primary N) is 1. The van der Waals surface area contributed by atoms with E-state index in [4.69, 9.17) is 5.73 Å². The highest BCUT2D eigenvalue weighted by Crippen LogP contribution is 2.15. The van der Waals surface area contributed by atoms with E-state index in [1.807, 2.05) is 30.3 Å². The van der Waals surface area contributed by atoms with Gasteiger partial charge >= 0.3 is 0 Å². The van der Waals surface area contributed by atoms with Crippen LogP contribution in [-0.2, 0) is 9.59 Å². The summed E-state index contributed by atoms with van der Waals surface area (Å²) in [6, 6.07) is 8.95. The van der Waals surface area contributed by atoms with Crippen molar-refractivity contribution in [2.45, 2.75) is 24.8 Å². The highest BCUT2D eigenvalue weighted by Gasteiger charge is 2.27. The molecule has 1 fully saturated rings. The predicted octanol–water partition coefficient (Wildman–Crippen LogP) is 0.545. The first-order valence-electron chi connectivity index (χ1n) is 6.55. The van der Waals surface area contributed by atoms with Crippen LogP contribution >= 0.6 is 12.4 Å². The SMILES string of the molecule is Cl.NCC(C(=O)NC1CCCNC1=O)c1ccccc1. The van der Waals surface area contributed by atoms with Gasteiger partial charge in [-0.3, -0.25) is 9.59 Å². The smallest absolute Gasteiger partial charge is 0.242 e. The molecule has 0 spiro atoms. The molecule has 1 aliphatic rings. The van der Waals surface area contributed by atoms with Gasteiger partial charge in [-0.05, 0) is 18.4 Å². The van der Waals surface area contributed by atoms with Gasteiger partial charge in [0.25, 0.3) is 0 Å². The van der Waals surface area contributed by atoms with E-state index in [1.54, 1.807) is 0 Å². The van der Waals surface area contributed by atoms with E-state index in [0.717, 1.165) is 12.0 Å². The van der Waals surface area contributed by atoms with Crippen molar-refractivity contribution in [1.29, 1.82) is 0 Å². The number of amides is 2. The van der Waals surface area contributed by atoms with Crippen molar-refractivity contribution in [1.82, 2.24) is 10.6 Å². The van der Waals surface area contributed by atoms with Gasteiger partial charge in [0.1, 0.15) is 6.04 Å². The molecule has 20 heavy (non-hydrogen) atoms. The molecule has 4 N–H and O–H groups in total. The molecule has 1 aromatic rings. The maximum Gasteiger partial charge on any atom is 0.242 e. The lowest BCUT2D eigenvalue weighted by Crippen LogP contribution is -2.51. The molecule has 0 bridgehead atoms. The van der Waals surface area contributed by atoms with Crippen molar-refractivity contribution in [3.05, 3.63) is 35.9 Å². The van der Waals surface area contributed by atoms with Crippen LogP contribution in [0.5, 0.6) is 0 Å². The second-order valence-corrected chi connectivity index (χ2v) is 4.69. The van der Waals surface area contributed by atoms with Gasteiger partial charge in [0, 0.05) is 13.1 Å². The highest BCUT2D eigenvalue weighted by molar-refractivity contribution is 5.91. The van der Waals surface area contributed by atoms with E-state index in [9.17, 15) is 9.59 Å². The summed E-state index contributed by atoms with van der Waals surface area (Å²) in [7, 11) is 0. The Labute approximate surface area is 124 Å². The fraction of sp³-hybridized carbons (Fsp3) is 0.429. The first-order chi connectivity index (χ1) is 9.22. The van der Waals surface area contributed by atoms with Crippen LogP contribution in [0.2, 0.25) is 0 Å². The lowest BCUT2D eigenvalue weighted by Gasteiger charge is -2.25. The third kappa shape index (κ3) is 3.95. The van der Waals surface area contributed by atoms with Crippen LogP contribution in [0.1, 0.15) is 24.3 Å². The molecule has 0 aliphatic carbocycles. The topological polar surface area (TPSA) is 84.2 Å². The molecule has 2 rings (SSSR count). The summed E-state index contributed by atoms with van der Waals surface area (Å²) in [4.78, 5) is 23.8. The number of rotatable bonds is 4. The third-order valence-electron chi connectivity index (χ3n) is 3.36. The second-order valence-electron chi connectivity index (χ2n) is 4.69. The van der Waals surface area contributed by atoms with Crippen LogP contribution in [0.3, 0.4) is 0 Å². The minimum absolute atomic E-state index is 0. The average Bonchev–Trinajstić information content (AvgIpc) is 2.43. The summed E-state index contributed by atoms with van der Waals surface area (Å²) in [5.41, 5.74) is 6.56. The van der Waals surface area contributed by atoms with Crippen LogP contribution in [0, 0.1) is 0 Å². The minimum atomic E-state index is -0.431. The van der Waals surface area contributed by atoms with Crippen LogP contribution in [-0.4, -0.2) is 30.9 Å². The number of hydrogen-bond donors (Lipinski definition) is 3. The number of nitrogens with one attached hydrogen (secondary N) is 2. The van der Waals surface area contributed by atoms with E-state index in [1.165, 1.54) is 0 Å². The molecule has 2 atom stereocenters. The van der Waals surface area contributed by atoms with Crippen molar-refractivity contribution in [3.63, 3.8) is 0 Å². The Hall–Kier alpha value is -1.59. The standard InChI is InChI=1S/C14H19N3O2.ClH/c15-9-11(10-5-2-1-3-6-10)13(18)17-12-7-4-8-16-14(12)19;/h1-3,5-6,11-12H,4,7-9,15H2,(H,16,19)(H,17,18);1H. The van der Waals surface area contributed by atoms with Crippen molar-refractivity contribution in [3.8, 4) is 0 Å². The van der Waals surface area contributed by atoms with Gasteiger partial charge in [-0.15, -0.1) is 12.4 Å². The minimum Gasteiger partial charge on any atom is -0.354 e. The molecular weight excluding hydrogens is 278 g/mol. The molecule has 0 aromatic heterocycles. The molecule has 1 aromatic carbocycles. The van der Waals surface area contributed by atoms with Crippen LogP contribution in [0.15, 0.2) is 30.3 Å². The molecule has 110 valence electrons. The van der Waals surface area contributed by atoms with E-state index in [2.05, 4.69) is 10.6 Å². The molecule has 0 saturated carbocycles. The Kier molecular flexibility index (Phi) is 6.48. The fourth-order valence-corrected chi connectivity index (χ4v) is 2.26. The Morgan fingerprint density at radius 2 is 2.10 bits per heavy atom. The monoisotopic (exact) mass is 297 g/mol. The van der Waals surface area contributed by atoms with Crippen molar-refractivity contribution in [2.24, 2.45) is 5.73 Å². The summed E-state index contributed by atoms with van der Waals surface area (Å²) in [5.74, 6) is -0.699. The summed E-state index contributed by atoms with van der Waals surface area (Å²) in [5, 5.41) is 5.54. The van der Waals surface area contributed by atoms with Crippen LogP contribution in [0.25, 0.3) is 0 Å². The van der Waals surface area contributed by atoms with Crippen molar-refractivity contribution < 1.29 is 9.59 Å². The zero-order valence-electron chi connectivity index (χ0n) is 11.2. The molecule has 2 unspecified atom stereocenters. The fourth-order valence-electron chi connectivity index (χ4n) is 2.26. The van der Waals surface area contributed by atoms with Gasteiger partial charge in [0.15, 0.2) is 0 Å². The Bertz CT molecular complexity index is 453. The molecule has 0 radical (unpaired) electrons. The Morgan fingerprint density at radius 1 is 1.40 bits per heavy atom. The number of halogens is 1. The van der Waals surface area contributed by atoms with Gasteiger partial charge in [0.2, 0.25) is 11.8 Å². The van der Waals surface area contributed by atoms with Crippen LogP contribution in [0.4, 0.5) is 0 Å². The van der Waals surface area contributed by atoms with E-state index >= 15 is 0 Å². The summed E-state index contributed by atoms with van der Waals surface area (Å²) >= 11 is 0. The number of benzene rings is 1. The normalized spacial score (nSPS) is 19.4. The van der Waals surface area contributed by atoms with Crippen molar-refractivity contribution in [2.75, 3.05) is 13.1 Å². The molecule has 6 heteroatoms. The maximum absolute atomic E-state index is 12.2. The second kappa shape index (κ2) is 7.87. The lowest BCUT2D eigenvalue weighted by molar-refractivity contribution is -0.130. The maximum atomic E-state index is 12.2. The third-order valence-corrected chi connectivity index (χ3v) is 3.36. The molecule has 1 aliphatic heterocycles. The largest absolute Gasteiger partial charge is 0.354 e. The summed E-state index contributed by atoms with van der Waals surface area (Å²) < 4.78 is 0. The van der Waals surface area contributed by atoms with Gasteiger partial charge in [-0.25, -0.2) is 0 Å². The predicted molar refractivity (Wildman–Crippen MR) is 79.7 cm³/mol. The lowest BCUT2D eigenvalue weighted by atomic mass is 9.97. The highest BCUT2D eigenvalue weighted by atomic mass is 35.5. The van der Waals surface area contributed by atoms with Gasteiger partial charge in [-0.1, -0.05) is 30.3 Å². The number of hydrogen-bond acceptors (Lipinski definition) is 3. The van der Waals surface area contributed by atoms with Gasteiger partial charge in [0.05, 0.1) is 5.92 Å². The zero-order chi connectivity index (χ0) is 13.7. The molecular formula is C14H20ClN3O2. The number of carbonyl (C=O) groups is 2. The molecule has 5 nitrogen and oxygen atoms in total. The van der Waals surface area contributed by atoms with Crippen molar-refractivity contribution >= 4 is 24.2 Å². The summed E-state index contributed by atoms with van der Waals surface area (Å²) in [6.45, 7) is 0.911. The summed E-state index contributed by atoms with van der Waals surface area (Å²) in [6.07, 6.45) is 1.57. The van der Waals surface area contributed by atoms with Crippen LogP contribution < -0.4 is 16.4 Å². The van der Waals surface area contributed by atoms with Gasteiger partial charge in [-0.2, -0.15) is 0 Å². The van der Waals surface area contributed by atoms with E-state index in [0.29, 0.717) is 13.0 Å². The first-order valence-corrected chi connectivity index (χ1v) is 6.55. The van der Waals surface area contributed by atoms with E-state index in [-0.39, 0.29) is 30.8 Å². The quantitative estimate of drug-likeness (QED) is 0.758. The number of carbonyl (C=O) groups excluding carboxylic acids is 2. The Balaban J connectivity index is 0.00000200. The Morgan fingerprint density at radius 3 is 2.70 bits per heavy atom. The molecule has 1 saturated heterocycles. The zero-order valence-corrected chi connectivity index (χ0v) is 12.0. The average molecular weight is 298 g/mol. The number of piperidine rings is 1.